The highest BCUT2D eigenvalue weighted by Gasteiger charge is 2.15. The normalized spacial score (nSPS) is 11.9. The molecule has 31 heavy (non-hydrogen) atoms. The second-order valence-electron chi connectivity index (χ2n) is 7.11. The molecule has 0 spiro atoms. The summed E-state index contributed by atoms with van der Waals surface area (Å²) in [5.74, 6) is 0.967. The van der Waals surface area contributed by atoms with Gasteiger partial charge in [0.05, 0.1) is 25.4 Å². The topological polar surface area (TPSA) is 81.9 Å². The van der Waals surface area contributed by atoms with Crippen molar-refractivity contribution in [2.45, 2.75) is 24.7 Å². The molecule has 0 unspecified atom stereocenters. The van der Waals surface area contributed by atoms with Crippen molar-refractivity contribution in [2.24, 2.45) is 0 Å². The van der Waals surface area contributed by atoms with Crippen molar-refractivity contribution in [1.82, 2.24) is 25.5 Å². The van der Waals surface area contributed by atoms with E-state index in [1.165, 1.54) is 11.8 Å². The summed E-state index contributed by atoms with van der Waals surface area (Å²) in [6.07, 6.45) is 0. The third-order valence-corrected chi connectivity index (χ3v) is 5.95. The summed E-state index contributed by atoms with van der Waals surface area (Å²) in [7, 11) is 1.64. The minimum atomic E-state index is -0.102. The van der Waals surface area contributed by atoms with E-state index in [1.54, 1.807) is 11.8 Å². The molecular weight excluding hydrogens is 410 g/mol. The number of aromatic nitrogens is 4. The van der Waals surface area contributed by atoms with Crippen LogP contribution in [0, 0.1) is 0 Å². The van der Waals surface area contributed by atoms with Gasteiger partial charge >= 0.3 is 0 Å². The summed E-state index contributed by atoms with van der Waals surface area (Å²) in [5.41, 5.74) is 2.14. The van der Waals surface area contributed by atoms with Gasteiger partial charge in [-0.25, -0.2) is 4.68 Å². The molecule has 4 rings (SSSR count). The van der Waals surface area contributed by atoms with E-state index in [0.29, 0.717) is 11.7 Å². The van der Waals surface area contributed by atoms with E-state index in [0.717, 1.165) is 27.6 Å². The number of benzene rings is 3. The number of ether oxygens (including phenoxy) is 1. The van der Waals surface area contributed by atoms with Crippen LogP contribution >= 0.6 is 11.8 Å². The van der Waals surface area contributed by atoms with Crippen LogP contribution in [0.2, 0.25) is 0 Å². The molecule has 1 heterocycles. The number of nitrogens with one attached hydrogen (secondary N) is 1. The summed E-state index contributed by atoms with van der Waals surface area (Å²) in [5, 5.41) is 17.9. The van der Waals surface area contributed by atoms with Crippen LogP contribution in [0.3, 0.4) is 0 Å². The molecular formula is C23H23N5O2S. The molecule has 0 aliphatic rings. The SMILES string of the molecule is COc1ccc(Cn2nnnc2SCC(=O)N[C@@H](C)c2cccc3ccccc23)cc1. The zero-order valence-corrected chi connectivity index (χ0v) is 18.2. The van der Waals surface area contributed by atoms with Crippen LogP contribution in [-0.4, -0.2) is 39.0 Å². The Hall–Kier alpha value is -3.39. The fraction of sp³-hybridized carbons (Fsp3) is 0.217. The molecule has 0 saturated carbocycles. The molecule has 7 nitrogen and oxygen atoms in total. The quantitative estimate of drug-likeness (QED) is 0.425. The lowest BCUT2D eigenvalue weighted by molar-refractivity contribution is -0.119. The van der Waals surface area contributed by atoms with Crippen molar-refractivity contribution in [2.75, 3.05) is 12.9 Å². The molecule has 158 valence electrons. The molecule has 1 amide bonds. The maximum atomic E-state index is 12.6. The minimum Gasteiger partial charge on any atom is -0.497 e. The Morgan fingerprint density at radius 2 is 1.87 bits per heavy atom. The first-order valence-electron chi connectivity index (χ1n) is 9.93. The van der Waals surface area contributed by atoms with E-state index < -0.39 is 0 Å². The van der Waals surface area contributed by atoms with E-state index >= 15 is 0 Å². The van der Waals surface area contributed by atoms with Gasteiger partial charge in [0.1, 0.15) is 5.75 Å². The van der Waals surface area contributed by atoms with Crippen molar-refractivity contribution in [3.63, 3.8) is 0 Å². The fourth-order valence-electron chi connectivity index (χ4n) is 3.42. The molecule has 0 fully saturated rings. The maximum Gasteiger partial charge on any atom is 0.230 e. The van der Waals surface area contributed by atoms with Crippen LogP contribution in [0.1, 0.15) is 24.1 Å². The van der Waals surface area contributed by atoms with Gasteiger partial charge in [0.15, 0.2) is 0 Å². The number of carbonyl (C=O) groups excluding carboxylic acids is 1. The Morgan fingerprint density at radius 3 is 2.68 bits per heavy atom. The summed E-state index contributed by atoms with van der Waals surface area (Å²) >= 11 is 1.32. The largest absolute Gasteiger partial charge is 0.497 e. The molecule has 1 N–H and O–H groups in total. The second kappa shape index (κ2) is 9.61. The lowest BCUT2D eigenvalue weighted by atomic mass is 10.00. The Bertz CT molecular complexity index is 1170. The van der Waals surface area contributed by atoms with Gasteiger partial charge < -0.3 is 10.1 Å². The molecule has 1 aromatic heterocycles. The Morgan fingerprint density at radius 1 is 1.10 bits per heavy atom. The second-order valence-corrected chi connectivity index (χ2v) is 8.06. The van der Waals surface area contributed by atoms with E-state index in [2.05, 4.69) is 45.1 Å². The molecule has 0 saturated heterocycles. The van der Waals surface area contributed by atoms with Crippen molar-refractivity contribution in [1.29, 1.82) is 0 Å². The van der Waals surface area contributed by atoms with Crippen LogP contribution in [0.15, 0.2) is 71.9 Å². The van der Waals surface area contributed by atoms with Gasteiger partial charge in [-0.05, 0) is 51.4 Å². The van der Waals surface area contributed by atoms with Crippen LogP contribution in [0.25, 0.3) is 10.8 Å². The standard InChI is InChI=1S/C23H23N5O2S/c1-16(20-9-5-7-18-6-3-4-8-21(18)20)24-22(29)15-31-23-25-26-27-28(23)14-17-10-12-19(30-2)13-11-17/h3-13,16H,14-15H2,1-2H3,(H,24,29)/t16-/m0/s1. The number of tetrazole rings is 1. The van der Waals surface area contributed by atoms with Gasteiger partial charge in [0.2, 0.25) is 11.1 Å². The molecule has 8 heteroatoms. The van der Waals surface area contributed by atoms with E-state index in [-0.39, 0.29) is 17.7 Å². The lowest BCUT2D eigenvalue weighted by Crippen LogP contribution is -2.28. The van der Waals surface area contributed by atoms with Crippen LogP contribution in [0.5, 0.6) is 5.75 Å². The predicted molar refractivity (Wildman–Crippen MR) is 121 cm³/mol. The highest BCUT2D eigenvalue weighted by molar-refractivity contribution is 7.99. The summed E-state index contributed by atoms with van der Waals surface area (Å²) in [6.45, 7) is 2.52. The number of methoxy groups -OCH3 is 1. The zero-order chi connectivity index (χ0) is 21.6. The average Bonchev–Trinajstić information content (AvgIpc) is 3.24. The molecule has 4 aromatic rings. The maximum absolute atomic E-state index is 12.6. The highest BCUT2D eigenvalue weighted by Crippen LogP contribution is 2.24. The van der Waals surface area contributed by atoms with Gasteiger partial charge in [-0.1, -0.05) is 66.4 Å². The number of nitrogens with zero attached hydrogens (tertiary/aromatic N) is 4. The van der Waals surface area contributed by atoms with E-state index in [9.17, 15) is 4.79 Å². The number of carbonyl (C=O) groups is 1. The van der Waals surface area contributed by atoms with Gasteiger partial charge in [-0.2, -0.15) is 0 Å². The summed E-state index contributed by atoms with van der Waals surface area (Å²) in [6, 6.07) is 21.9. The minimum absolute atomic E-state index is 0.0653. The molecule has 0 aliphatic heterocycles. The van der Waals surface area contributed by atoms with Crippen molar-refractivity contribution >= 4 is 28.4 Å². The molecule has 0 bridgehead atoms. The Balaban J connectivity index is 1.36. The predicted octanol–water partition coefficient (Wildman–Crippen LogP) is 3.85. The van der Waals surface area contributed by atoms with Gasteiger partial charge in [-0.15, -0.1) is 5.10 Å². The van der Waals surface area contributed by atoms with Crippen LogP contribution in [-0.2, 0) is 11.3 Å². The number of fused-ring (bicyclic) bond motifs is 1. The fourth-order valence-corrected chi connectivity index (χ4v) is 4.11. The number of hydrogen-bond acceptors (Lipinski definition) is 6. The van der Waals surface area contributed by atoms with Gasteiger partial charge in [0.25, 0.3) is 0 Å². The third kappa shape index (κ3) is 5.03. The first kappa shape index (κ1) is 20.9. The van der Waals surface area contributed by atoms with Crippen molar-refractivity contribution in [3.05, 3.63) is 77.9 Å². The third-order valence-electron chi connectivity index (χ3n) is 4.99. The summed E-state index contributed by atoms with van der Waals surface area (Å²) in [4.78, 5) is 12.6. The van der Waals surface area contributed by atoms with E-state index in [4.69, 9.17) is 4.74 Å². The molecule has 3 aromatic carbocycles. The first-order valence-corrected chi connectivity index (χ1v) is 10.9. The van der Waals surface area contributed by atoms with Crippen LogP contribution in [0.4, 0.5) is 0 Å². The highest BCUT2D eigenvalue weighted by atomic mass is 32.2. The Kier molecular flexibility index (Phi) is 6.47. The smallest absolute Gasteiger partial charge is 0.230 e. The molecule has 0 aliphatic carbocycles. The Labute approximate surface area is 184 Å². The van der Waals surface area contributed by atoms with Crippen molar-refractivity contribution in [3.8, 4) is 5.75 Å². The number of thioether (sulfide) groups is 1. The molecule has 0 radical (unpaired) electrons. The molecule has 1 atom stereocenters. The van der Waals surface area contributed by atoms with Crippen molar-refractivity contribution < 1.29 is 9.53 Å². The number of amides is 1. The van der Waals surface area contributed by atoms with Gasteiger partial charge in [0, 0.05) is 0 Å². The lowest BCUT2D eigenvalue weighted by Gasteiger charge is -2.16. The average molecular weight is 434 g/mol. The monoisotopic (exact) mass is 433 g/mol. The first-order chi connectivity index (χ1) is 15.1. The zero-order valence-electron chi connectivity index (χ0n) is 17.4. The van der Waals surface area contributed by atoms with Crippen LogP contribution < -0.4 is 10.1 Å². The van der Waals surface area contributed by atoms with E-state index in [1.807, 2.05) is 49.4 Å². The number of hydrogen-bond donors (Lipinski definition) is 1. The van der Waals surface area contributed by atoms with Gasteiger partial charge in [-0.3, -0.25) is 4.79 Å². The summed E-state index contributed by atoms with van der Waals surface area (Å²) < 4.78 is 6.87. The number of rotatable bonds is 8.